The Morgan fingerprint density at radius 2 is 1.53 bits per heavy atom. The molecule has 0 fully saturated rings. The van der Waals surface area contributed by atoms with Crippen molar-refractivity contribution in [1.29, 1.82) is 0 Å². The number of hydrogen-bond acceptors (Lipinski definition) is 7. The van der Waals surface area contributed by atoms with Gasteiger partial charge in [-0.05, 0) is 58.3 Å². The van der Waals surface area contributed by atoms with E-state index in [2.05, 4.69) is 5.32 Å². The molecule has 0 unspecified atom stereocenters. The van der Waals surface area contributed by atoms with Crippen LogP contribution in [0, 0.1) is 0 Å². The third-order valence-corrected chi connectivity index (χ3v) is 10.0. The van der Waals surface area contributed by atoms with Crippen LogP contribution >= 0.6 is 0 Å². The minimum atomic E-state index is -3.76. The molecule has 5 aromatic rings. The Balaban J connectivity index is 1.38. The van der Waals surface area contributed by atoms with E-state index in [1.165, 1.54) is 0 Å². The molecule has 0 saturated heterocycles. The number of nitrogens with one attached hydrogen (secondary N) is 1. The van der Waals surface area contributed by atoms with E-state index in [1.54, 1.807) is 54.6 Å². The maximum Gasteiger partial charge on any atom is 0.252 e. The predicted molar refractivity (Wildman–Crippen MR) is 182 cm³/mol. The van der Waals surface area contributed by atoms with Crippen molar-refractivity contribution in [2.75, 3.05) is 19.0 Å². The Bertz CT molecular complexity index is 1960. The summed E-state index contributed by atoms with van der Waals surface area (Å²) in [6.45, 7) is 0.632. The summed E-state index contributed by atoms with van der Waals surface area (Å²) in [6.07, 6.45) is -0.493. The number of carbonyl (C=O) groups excluding carboxylic acids is 1. The fourth-order valence-corrected chi connectivity index (χ4v) is 7.20. The van der Waals surface area contributed by atoms with Gasteiger partial charge in [0, 0.05) is 31.6 Å². The molecule has 6 rings (SSSR count). The first-order valence-corrected chi connectivity index (χ1v) is 17.2. The number of aliphatic hydroxyl groups is 1. The second kappa shape index (κ2) is 14.2. The van der Waals surface area contributed by atoms with E-state index in [0.717, 1.165) is 16.3 Å². The Morgan fingerprint density at radius 1 is 0.851 bits per heavy atom. The van der Waals surface area contributed by atoms with E-state index in [1.807, 2.05) is 72.8 Å². The van der Waals surface area contributed by atoms with Crippen LogP contribution in [-0.2, 0) is 25.9 Å². The smallest absolute Gasteiger partial charge is 0.252 e. The molecule has 2 N–H and O–H groups in total. The summed E-state index contributed by atoms with van der Waals surface area (Å²) in [5.74, 6) is 0.105. The summed E-state index contributed by atoms with van der Waals surface area (Å²) < 4.78 is 39.3. The predicted octanol–water partition coefficient (Wildman–Crippen LogP) is 6.04. The van der Waals surface area contributed by atoms with Gasteiger partial charge in [-0.3, -0.25) is 4.79 Å². The number of rotatable bonds is 13. The molecule has 47 heavy (non-hydrogen) atoms. The summed E-state index contributed by atoms with van der Waals surface area (Å²) in [6, 6.07) is 38.6. The van der Waals surface area contributed by atoms with Gasteiger partial charge >= 0.3 is 0 Å². The average molecular weight is 649 g/mol. The van der Waals surface area contributed by atoms with Crippen molar-refractivity contribution in [3.8, 4) is 5.75 Å². The van der Waals surface area contributed by atoms with Crippen molar-refractivity contribution in [1.82, 2.24) is 5.32 Å². The van der Waals surface area contributed by atoms with Gasteiger partial charge in [-0.1, -0.05) is 91.0 Å². The van der Waals surface area contributed by atoms with Gasteiger partial charge in [0.15, 0.2) is 21.5 Å². The van der Waals surface area contributed by atoms with Gasteiger partial charge in [0.1, 0.15) is 5.75 Å². The fourth-order valence-electron chi connectivity index (χ4n) is 5.81. The Hall–Kier alpha value is -4.99. The highest BCUT2D eigenvalue weighted by molar-refractivity contribution is 7.91. The lowest BCUT2D eigenvalue weighted by molar-refractivity contribution is -0.129. The van der Waals surface area contributed by atoms with Crippen LogP contribution < -0.4 is 10.1 Å². The summed E-state index contributed by atoms with van der Waals surface area (Å²) in [7, 11) is -3.76. The molecule has 0 aromatic heterocycles. The van der Waals surface area contributed by atoms with Gasteiger partial charge in [-0.15, -0.1) is 0 Å². The number of aliphatic hydroxyl groups excluding tert-OH is 1. The number of fused-ring (bicyclic) bond motifs is 1. The fraction of sp³-hybridized carbons (Fsp3) is 0.211. The van der Waals surface area contributed by atoms with E-state index in [4.69, 9.17) is 19.6 Å². The van der Waals surface area contributed by atoms with Crippen molar-refractivity contribution >= 4 is 32.4 Å². The lowest BCUT2D eigenvalue weighted by Crippen LogP contribution is -2.49. The first-order chi connectivity index (χ1) is 22.9. The molecule has 9 heteroatoms. The van der Waals surface area contributed by atoms with Crippen LogP contribution in [0.3, 0.4) is 0 Å². The molecule has 0 bridgehead atoms. The van der Waals surface area contributed by atoms with Crippen LogP contribution in [0.4, 0.5) is 0 Å². The molecular formula is C38H36N2O6S. The molecular weight excluding hydrogens is 612 g/mol. The van der Waals surface area contributed by atoms with Crippen LogP contribution in [0.5, 0.6) is 5.75 Å². The number of sulfone groups is 1. The zero-order valence-corrected chi connectivity index (χ0v) is 26.6. The van der Waals surface area contributed by atoms with Gasteiger partial charge in [0.25, 0.3) is 5.91 Å². The minimum Gasteiger partial charge on any atom is -0.494 e. The molecule has 1 aliphatic heterocycles. The van der Waals surface area contributed by atoms with E-state index >= 15 is 0 Å². The molecule has 5 aromatic carbocycles. The molecule has 240 valence electrons. The molecule has 0 radical (unpaired) electrons. The van der Waals surface area contributed by atoms with Crippen molar-refractivity contribution in [3.63, 3.8) is 0 Å². The lowest BCUT2D eigenvalue weighted by atomic mass is 9.85. The number of benzene rings is 5. The topological polar surface area (TPSA) is 114 Å². The number of hydrogen-bond donors (Lipinski definition) is 2. The number of carbonyl (C=O) groups is 1. The Morgan fingerprint density at radius 3 is 2.28 bits per heavy atom. The van der Waals surface area contributed by atoms with Crippen LogP contribution in [0.25, 0.3) is 10.8 Å². The summed E-state index contributed by atoms with van der Waals surface area (Å²) >= 11 is 0. The van der Waals surface area contributed by atoms with Crippen LogP contribution in [-0.4, -0.2) is 49.8 Å². The molecule has 0 saturated carbocycles. The molecule has 1 heterocycles. The normalized spacial score (nSPS) is 17.6. The van der Waals surface area contributed by atoms with Gasteiger partial charge < -0.3 is 19.9 Å². The molecule has 8 nitrogen and oxygen atoms in total. The first-order valence-electron chi connectivity index (χ1n) is 15.6. The maximum atomic E-state index is 14.6. The number of amides is 1. The lowest BCUT2D eigenvalue weighted by Gasteiger charge is -2.30. The molecule has 0 spiro atoms. The number of ether oxygens (including phenoxy) is 2. The van der Waals surface area contributed by atoms with Crippen molar-refractivity contribution < 1.29 is 27.8 Å². The van der Waals surface area contributed by atoms with Crippen molar-refractivity contribution in [3.05, 3.63) is 144 Å². The van der Waals surface area contributed by atoms with E-state index in [-0.39, 0.29) is 36.1 Å². The highest BCUT2D eigenvalue weighted by atomic mass is 32.2. The van der Waals surface area contributed by atoms with E-state index in [9.17, 15) is 13.2 Å². The second-order valence-electron chi connectivity index (χ2n) is 11.4. The van der Waals surface area contributed by atoms with Crippen molar-refractivity contribution in [2.45, 2.75) is 35.9 Å². The highest BCUT2D eigenvalue weighted by Crippen LogP contribution is 2.43. The average Bonchev–Trinajstić information content (AvgIpc) is 3.52. The largest absolute Gasteiger partial charge is 0.494 e. The van der Waals surface area contributed by atoms with Gasteiger partial charge in [0.05, 0.1) is 17.3 Å². The zero-order valence-electron chi connectivity index (χ0n) is 25.8. The SMILES string of the molecule is O=C(NCc1cccc2ccccc12)[C@]1(CCS(=O)(=O)c2ccccc2)N=C(c2ccc(OCCCO)cc2)O[C@@H]1c1ccccc1. The Kier molecular flexibility index (Phi) is 9.65. The van der Waals surface area contributed by atoms with Crippen LogP contribution in [0.1, 0.15) is 35.6 Å². The molecule has 0 aliphatic carbocycles. The molecule has 1 amide bonds. The first kappa shape index (κ1) is 32.0. The summed E-state index contributed by atoms with van der Waals surface area (Å²) in [5, 5.41) is 14.2. The zero-order chi connectivity index (χ0) is 32.7. The van der Waals surface area contributed by atoms with Crippen LogP contribution in [0.15, 0.2) is 137 Å². The van der Waals surface area contributed by atoms with Gasteiger partial charge in [-0.2, -0.15) is 0 Å². The molecule has 1 aliphatic rings. The second-order valence-corrected chi connectivity index (χ2v) is 13.5. The standard InChI is InChI=1S/C38H36N2O6S/c41-24-10-25-45-32-21-19-30(20-22-32)36-40-38(35(46-36)29-12-3-1-4-13-29,23-26-47(43,44)33-16-5-2-6-17-33)37(42)39-27-31-15-9-14-28-11-7-8-18-34(28)31/h1-9,11-22,35,41H,10,23-27H2,(H,39,42)/t35-,38-/m1/s1. The van der Waals surface area contributed by atoms with E-state index in [0.29, 0.717) is 29.9 Å². The van der Waals surface area contributed by atoms with E-state index < -0.39 is 27.4 Å². The third-order valence-electron chi connectivity index (χ3n) is 8.31. The number of aliphatic imine (C=N–C) groups is 1. The van der Waals surface area contributed by atoms with Gasteiger partial charge in [-0.25, -0.2) is 13.4 Å². The quantitative estimate of drug-likeness (QED) is 0.151. The monoisotopic (exact) mass is 648 g/mol. The van der Waals surface area contributed by atoms with Crippen molar-refractivity contribution in [2.24, 2.45) is 4.99 Å². The van der Waals surface area contributed by atoms with Crippen LogP contribution in [0.2, 0.25) is 0 Å². The minimum absolute atomic E-state index is 0.0360. The Labute approximate surface area is 274 Å². The molecule has 2 atom stereocenters. The number of nitrogens with zero attached hydrogens (tertiary/aromatic N) is 1. The maximum absolute atomic E-state index is 14.6. The summed E-state index contributed by atoms with van der Waals surface area (Å²) in [5.41, 5.74) is 0.654. The summed E-state index contributed by atoms with van der Waals surface area (Å²) in [4.78, 5) is 19.7. The third kappa shape index (κ3) is 7.06. The highest BCUT2D eigenvalue weighted by Gasteiger charge is 2.53. The van der Waals surface area contributed by atoms with Gasteiger partial charge in [0.2, 0.25) is 5.90 Å².